The standard InChI is InChI=1S/2C6H12.3C5H10.C4H8.C3H8.CH4O/c1-6-4-2-3-5-6;1-2-4-6-5-3-1;1-5-3-2-4-5;1-2-5-3-4-5;1-2-4-5-3-1;1-4-2-3-4;1-3-2;1-2/h6H,2-5H2,1H3;1-6H2;2*5H,2-4H2,1H3;1-5H2;4H,2-3H2,1H3;3H2,1-2H3;2H,1H3. The molecule has 0 bridgehead atoms. The lowest BCUT2D eigenvalue weighted by atomic mass is 9.88. The predicted octanol–water partition coefficient (Wildman–Crippen LogP) is 12.5. The molecule has 0 aromatic heterocycles. The van der Waals surface area contributed by atoms with Crippen molar-refractivity contribution in [2.45, 2.75) is 196 Å². The smallest absolute Gasteiger partial charge is 0.0319 e. The van der Waals surface area contributed by atoms with Crippen LogP contribution in [0.2, 0.25) is 0 Å². The van der Waals surface area contributed by atoms with Crippen LogP contribution in [-0.2, 0) is 0 Å². The van der Waals surface area contributed by atoms with Gasteiger partial charge in [0.25, 0.3) is 0 Å². The fourth-order valence-electron chi connectivity index (χ4n) is 4.38. The van der Waals surface area contributed by atoms with E-state index < -0.39 is 0 Å². The van der Waals surface area contributed by atoms with Gasteiger partial charge in [-0.05, 0) is 23.7 Å². The Hall–Kier alpha value is -0.0400. The van der Waals surface area contributed by atoms with E-state index in [0.29, 0.717) is 0 Å². The second-order valence-electron chi connectivity index (χ2n) is 12.6. The molecule has 0 aromatic carbocycles. The van der Waals surface area contributed by atoms with Gasteiger partial charge in [0.2, 0.25) is 0 Å². The Morgan fingerprint density at radius 3 is 0.694 bits per heavy atom. The van der Waals surface area contributed by atoms with Gasteiger partial charge in [-0.15, -0.1) is 0 Å². The summed E-state index contributed by atoms with van der Waals surface area (Å²) < 4.78 is 0. The topological polar surface area (TPSA) is 20.2 Å². The summed E-state index contributed by atoms with van der Waals surface area (Å²) in [6.45, 7) is 13.4. The molecule has 0 saturated heterocycles. The Kier molecular flexibility index (Phi) is 33.0. The van der Waals surface area contributed by atoms with E-state index in [-0.39, 0.29) is 0 Å². The highest BCUT2D eigenvalue weighted by atomic mass is 16.2. The van der Waals surface area contributed by atoms with Crippen LogP contribution in [0.15, 0.2) is 0 Å². The molecule has 1 heteroatoms. The molecule has 6 rings (SSSR count). The number of hydrogen-bond donors (Lipinski definition) is 1. The average Bonchev–Trinajstić information content (AvgIpc) is 3.77. The molecule has 6 aliphatic rings. The summed E-state index contributed by atoms with van der Waals surface area (Å²) in [6.07, 6.45) is 35.6. The molecule has 0 unspecified atom stereocenters. The maximum atomic E-state index is 7.00. The van der Waals surface area contributed by atoms with Crippen molar-refractivity contribution in [3.8, 4) is 0 Å². The van der Waals surface area contributed by atoms with Gasteiger partial charge in [-0.1, -0.05) is 196 Å². The van der Waals surface area contributed by atoms with Gasteiger partial charge in [-0.25, -0.2) is 0 Å². The minimum absolute atomic E-state index is 1.00. The third-order valence-corrected chi connectivity index (χ3v) is 7.93. The number of aliphatic hydroxyl groups is 1. The second kappa shape index (κ2) is 31.2. The highest BCUT2D eigenvalue weighted by Crippen LogP contribution is 2.31. The predicted molar refractivity (Wildman–Crippen MR) is 167 cm³/mol. The van der Waals surface area contributed by atoms with Gasteiger partial charge in [0.1, 0.15) is 0 Å². The average molecular weight is 511 g/mol. The quantitative estimate of drug-likeness (QED) is 0.372. The highest BCUT2D eigenvalue weighted by molar-refractivity contribution is 4.69. The molecule has 0 spiro atoms. The molecule has 1 N–H and O–H groups in total. The zero-order chi connectivity index (χ0) is 27.3. The Labute approximate surface area is 231 Å². The summed E-state index contributed by atoms with van der Waals surface area (Å²) in [5.41, 5.74) is 0. The maximum absolute atomic E-state index is 7.00. The zero-order valence-corrected chi connectivity index (χ0v) is 26.7. The van der Waals surface area contributed by atoms with Crippen LogP contribution < -0.4 is 0 Å². The minimum Gasteiger partial charge on any atom is -0.400 e. The van der Waals surface area contributed by atoms with Crippen molar-refractivity contribution in [2.75, 3.05) is 7.11 Å². The largest absolute Gasteiger partial charge is 0.400 e. The number of hydrogen-bond acceptors (Lipinski definition) is 1. The Bertz CT molecular complexity index is 334. The third kappa shape index (κ3) is 36.1. The van der Waals surface area contributed by atoms with Crippen molar-refractivity contribution >= 4 is 0 Å². The molecular weight excluding hydrogens is 436 g/mol. The van der Waals surface area contributed by atoms with Crippen molar-refractivity contribution in [3.63, 3.8) is 0 Å². The molecular formula is C35H74O. The molecule has 6 aliphatic carbocycles. The van der Waals surface area contributed by atoms with E-state index in [1.54, 1.807) is 0 Å². The van der Waals surface area contributed by atoms with Gasteiger partial charge in [-0.3, -0.25) is 0 Å². The first-order valence-corrected chi connectivity index (χ1v) is 17.0. The van der Waals surface area contributed by atoms with Crippen molar-refractivity contribution in [1.82, 2.24) is 0 Å². The van der Waals surface area contributed by atoms with Crippen molar-refractivity contribution in [2.24, 2.45) is 23.7 Å². The maximum Gasteiger partial charge on any atom is 0.0319 e. The van der Waals surface area contributed by atoms with Gasteiger partial charge < -0.3 is 5.11 Å². The van der Waals surface area contributed by atoms with Gasteiger partial charge in [0.05, 0.1) is 0 Å². The number of aliphatic hydroxyl groups excluding tert-OH is 1. The number of rotatable bonds is 1. The van der Waals surface area contributed by atoms with Crippen LogP contribution in [0.5, 0.6) is 0 Å². The molecule has 6 saturated carbocycles. The van der Waals surface area contributed by atoms with Crippen molar-refractivity contribution < 1.29 is 5.11 Å². The van der Waals surface area contributed by atoms with Gasteiger partial charge in [0, 0.05) is 7.11 Å². The third-order valence-electron chi connectivity index (χ3n) is 7.93. The van der Waals surface area contributed by atoms with Crippen molar-refractivity contribution in [3.05, 3.63) is 0 Å². The minimum atomic E-state index is 1.00. The highest BCUT2D eigenvalue weighted by Gasteiger charge is 2.17. The first kappa shape index (κ1) is 38.1. The van der Waals surface area contributed by atoms with Crippen LogP contribution in [0.4, 0.5) is 0 Å². The molecule has 220 valence electrons. The van der Waals surface area contributed by atoms with E-state index in [1.165, 1.54) is 154 Å². The fraction of sp³-hybridized carbons (Fsp3) is 1.00. The molecule has 36 heavy (non-hydrogen) atoms. The fourth-order valence-corrected chi connectivity index (χ4v) is 4.38. The summed E-state index contributed by atoms with van der Waals surface area (Å²) >= 11 is 0. The lowest BCUT2D eigenvalue weighted by Crippen LogP contribution is -2.04. The zero-order valence-electron chi connectivity index (χ0n) is 26.7. The summed E-state index contributed by atoms with van der Waals surface area (Å²) in [5.74, 6) is 4.33. The van der Waals surface area contributed by atoms with Gasteiger partial charge >= 0.3 is 0 Å². The second-order valence-corrected chi connectivity index (χ2v) is 12.6. The molecule has 0 heterocycles. The van der Waals surface area contributed by atoms with Gasteiger partial charge in [-0.2, -0.15) is 0 Å². The summed E-state index contributed by atoms with van der Waals surface area (Å²) in [6, 6.07) is 0. The molecule has 0 radical (unpaired) electrons. The summed E-state index contributed by atoms with van der Waals surface area (Å²) in [4.78, 5) is 0. The molecule has 0 aliphatic heterocycles. The molecule has 0 amide bonds. The van der Waals surface area contributed by atoms with Crippen LogP contribution in [0, 0.1) is 23.7 Å². The molecule has 6 fully saturated rings. The lowest BCUT2D eigenvalue weighted by Gasteiger charge is -2.18. The molecule has 1 nitrogen and oxygen atoms in total. The lowest BCUT2D eigenvalue weighted by molar-refractivity contribution is 0.346. The monoisotopic (exact) mass is 511 g/mol. The SMILES string of the molecule is C1CCCC1.C1CCCCC1.CC1CC1.CC1CCC1.CC1CCCC1.CCC.CCC1CC1.CO. The van der Waals surface area contributed by atoms with Crippen LogP contribution >= 0.6 is 0 Å². The summed E-state index contributed by atoms with van der Waals surface area (Å²) in [5, 5.41) is 7.00. The van der Waals surface area contributed by atoms with E-state index in [1.807, 2.05) is 0 Å². The van der Waals surface area contributed by atoms with E-state index in [9.17, 15) is 0 Å². The van der Waals surface area contributed by atoms with Crippen LogP contribution in [-0.4, -0.2) is 12.2 Å². The van der Waals surface area contributed by atoms with E-state index in [0.717, 1.165) is 30.8 Å². The van der Waals surface area contributed by atoms with Crippen LogP contribution in [0.1, 0.15) is 196 Å². The van der Waals surface area contributed by atoms with E-state index >= 15 is 0 Å². The van der Waals surface area contributed by atoms with E-state index in [4.69, 9.17) is 5.11 Å². The first-order valence-electron chi connectivity index (χ1n) is 17.0. The van der Waals surface area contributed by atoms with Crippen LogP contribution in [0.25, 0.3) is 0 Å². The first-order chi connectivity index (χ1) is 17.5. The Morgan fingerprint density at radius 1 is 0.389 bits per heavy atom. The van der Waals surface area contributed by atoms with Crippen LogP contribution in [0.3, 0.4) is 0 Å². The normalized spacial score (nSPS) is 22.0. The molecule has 0 atom stereocenters. The van der Waals surface area contributed by atoms with Crippen molar-refractivity contribution in [1.29, 1.82) is 0 Å². The van der Waals surface area contributed by atoms with E-state index in [2.05, 4.69) is 41.5 Å². The molecule has 0 aromatic rings. The Morgan fingerprint density at radius 2 is 0.639 bits per heavy atom. The van der Waals surface area contributed by atoms with Gasteiger partial charge in [0.15, 0.2) is 0 Å². The summed E-state index contributed by atoms with van der Waals surface area (Å²) in [7, 11) is 1.00. The Balaban J connectivity index is 0.